The summed E-state index contributed by atoms with van der Waals surface area (Å²) >= 11 is 7.30. The van der Waals surface area contributed by atoms with Crippen LogP contribution in [0.3, 0.4) is 0 Å². The van der Waals surface area contributed by atoms with Crippen LogP contribution in [0.5, 0.6) is 0 Å². The van der Waals surface area contributed by atoms with E-state index in [-0.39, 0.29) is 11.9 Å². The molecule has 1 N–H and O–H groups in total. The van der Waals surface area contributed by atoms with Crippen LogP contribution in [0, 0.1) is 0 Å². The van der Waals surface area contributed by atoms with Crippen molar-refractivity contribution < 1.29 is 9.59 Å². The van der Waals surface area contributed by atoms with Crippen molar-refractivity contribution in [2.45, 2.75) is 49.9 Å². The van der Waals surface area contributed by atoms with Crippen LogP contribution in [0.4, 0.5) is 4.79 Å². The molecule has 114 valence electrons. The van der Waals surface area contributed by atoms with Crippen LogP contribution >= 0.6 is 22.9 Å². The molecule has 7 heteroatoms. The van der Waals surface area contributed by atoms with Gasteiger partial charge in [0.05, 0.1) is 16.6 Å². The summed E-state index contributed by atoms with van der Waals surface area (Å²) in [5.74, 6) is 0.386. The number of nitrogens with one attached hydrogen (secondary N) is 1. The molecule has 3 rings (SSSR count). The molecule has 1 aliphatic heterocycles. The first-order valence-corrected chi connectivity index (χ1v) is 8.69. The molecule has 0 aromatic carbocycles. The molecule has 1 aromatic rings. The molecule has 21 heavy (non-hydrogen) atoms. The van der Waals surface area contributed by atoms with Gasteiger partial charge in [0.2, 0.25) is 0 Å². The minimum Gasteiger partial charge on any atom is -0.323 e. The highest BCUT2D eigenvalue weighted by molar-refractivity contribution is 7.09. The van der Waals surface area contributed by atoms with Gasteiger partial charge in [-0.15, -0.1) is 22.9 Å². The fourth-order valence-electron chi connectivity index (χ4n) is 3.11. The molecule has 1 aromatic heterocycles. The number of imide groups is 1. The number of hydrogen-bond acceptors (Lipinski definition) is 4. The van der Waals surface area contributed by atoms with Gasteiger partial charge in [0.1, 0.15) is 5.54 Å². The molecule has 0 unspecified atom stereocenters. The topological polar surface area (TPSA) is 62.3 Å². The summed E-state index contributed by atoms with van der Waals surface area (Å²) in [7, 11) is 0. The van der Waals surface area contributed by atoms with Crippen LogP contribution in [0.2, 0.25) is 0 Å². The molecule has 1 saturated heterocycles. The number of rotatable bonds is 5. The zero-order valence-electron chi connectivity index (χ0n) is 11.7. The Bertz CT molecular complexity index is 554. The fraction of sp³-hybridized carbons (Fsp3) is 0.643. The van der Waals surface area contributed by atoms with Crippen molar-refractivity contribution in [1.29, 1.82) is 0 Å². The lowest BCUT2D eigenvalue weighted by molar-refractivity contribution is -0.131. The molecule has 2 aliphatic rings. The van der Waals surface area contributed by atoms with E-state index in [1.54, 1.807) is 11.3 Å². The summed E-state index contributed by atoms with van der Waals surface area (Å²) in [5.41, 5.74) is 0.293. The maximum Gasteiger partial charge on any atom is 0.325 e. The minimum absolute atomic E-state index is 0.0365. The Kier molecular flexibility index (Phi) is 4.17. The summed E-state index contributed by atoms with van der Waals surface area (Å²) in [5, 5.41) is 5.85. The van der Waals surface area contributed by atoms with Crippen molar-refractivity contribution >= 4 is 34.9 Å². The number of aryl methyl sites for hydroxylation is 1. The molecule has 2 fully saturated rings. The molecule has 0 bridgehead atoms. The second kappa shape index (κ2) is 5.93. The highest BCUT2D eigenvalue weighted by Crippen LogP contribution is 2.35. The SMILES string of the molecule is O=C1NC2(CCCC2)C(=O)N1CCCc1nc(CCl)cs1. The standard InChI is InChI=1S/C14H18ClN3O2S/c15-8-10-9-21-11(16-10)4-3-7-18-12(19)14(17-13(18)20)5-1-2-6-14/h9H,1-8H2,(H,17,20). The van der Waals surface area contributed by atoms with Crippen LogP contribution in [-0.4, -0.2) is 33.9 Å². The predicted molar refractivity (Wildman–Crippen MR) is 81.4 cm³/mol. The van der Waals surface area contributed by atoms with Gasteiger partial charge in [0.25, 0.3) is 5.91 Å². The second-order valence-corrected chi connectivity index (χ2v) is 6.86. The Labute approximate surface area is 132 Å². The molecule has 0 atom stereocenters. The first kappa shape index (κ1) is 14.8. The monoisotopic (exact) mass is 327 g/mol. The van der Waals surface area contributed by atoms with Crippen LogP contribution < -0.4 is 5.32 Å². The molecule has 3 amide bonds. The van der Waals surface area contributed by atoms with Crippen molar-refractivity contribution in [1.82, 2.24) is 15.2 Å². The first-order chi connectivity index (χ1) is 10.1. The number of carbonyl (C=O) groups excluding carboxylic acids is 2. The van der Waals surface area contributed by atoms with Gasteiger partial charge in [-0.1, -0.05) is 12.8 Å². The number of thiazole rings is 1. The van der Waals surface area contributed by atoms with Crippen molar-refractivity contribution in [3.05, 3.63) is 16.1 Å². The number of amides is 3. The smallest absolute Gasteiger partial charge is 0.323 e. The summed E-state index contributed by atoms with van der Waals surface area (Å²) in [6, 6.07) is -0.234. The lowest BCUT2D eigenvalue weighted by atomic mass is 9.98. The Hall–Kier alpha value is -1.14. The van der Waals surface area contributed by atoms with E-state index in [2.05, 4.69) is 10.3 Å². The van der Waals surface area contributed by atoms with Crippen molar-refractivity contribution in [2.24, 2.45) is 0 Å². The van der Waals surface area contributed by atoms with Gasteiger partial charge in [-0.25, -0.2) is 9.78 Å². The van der Waals surface area contributed by atoms with E-state index >= 15 is 0 Å². The largest absolute Gasteiger partial charge is 0.325 e. The van der Waals surface area contributed by atoms with Gasteiger partial charge in [-0.05, 0) is 19.3 Å². The van der Waals surface area contributed by atoms with E-state index in [0.29, 0.717) is 12.4 Å². The zero-order valence-corrected chi connectivity index (χ0v) is 13.3. The van der Waals surface area contributed by atoms with Crippen LogP contribution in [0.25, 0.3) is 0 Å². The van der Waals surface area contributed by atoms with Crippen molar-refractivity contribution in [3.63, 3.8) is 0 Å². The summed E-state index contributed by atoms with van der Waals surface area (Å²) < 4.78 is 0. The molecule has 5 nitrogen and oxygen atoms in total. The normalized spacial score (nSPS) is 20.5. The third-order valence-corrected chi connectivity index (χ3v) is 5.44. The van der Waals surface area contributed by atoms with Gasteiger partial charge in [0, 0.05) is 18.3 Å². The van der Waals surface area contributed by atoms with Gasteiger partial charge in [-0.3, -0.25) is 9.69 Å². The Morgan fingerprint density at radius 1 is 1.38 bits per heavy atom. The maximum absolute atomic E-state index is 12.4. The number of hydrogen-bond donors (Lipinski definition) is 1. The first-order valence-electron chi connectivity index (χ1n) is 7.28. The van der Waals surface area contributed by atoms with Crippen LogP contribution in [0.15, 0.2) is 5.38 Å². The van der Waals surface area contributed by atoms with E-state index in [9.17, 15) is 9.59 Å². The van der Waals surface area contributed by atoms with Gasteiger partial charge >= 0.3 is 6.03 Å². The van der Waals surface area contributed by atoms with E-state index in [4.69, 9.17) is 11.6 Å². The number of halogens is 1. The van der Waals surface area contributed by atoms with Gasteiger partial charge in [0.15, 0.2) is 0 Å². The molecule has 1 spiro atoms. The summed E-state index contributed by atoms with van der Waals surface area (Å²) in [6.45, 7) is 0.461. The van der Waals surface area contributed by atoms with Gasteiger partial charge < -0.3 is 5.32 Å². The predicted octanol–water partition coefficient (Wildman–Crippen LogP) is 2.68. The quantitative estimate of drug-likeness (QED) is 0.668. The number of carbonyl (C=O) groups is 2. The molecule has 1 aliphatic carbocycles. The Morgan fingerprint density at radius 2 is 2.14 bits per heavy atom. The van der Waals surface area contributed by atoms with Crippen molar-refractivity contribution in [3.8, 4) is 0 Å². The highest BCUT2D eigenvalue weighted by atomic mass is 35.5. The third kappa shape index (κ3) is 2.79. The van der Waals surface area contributed by atoms with E-state index in [1.807, 2.05) is 5.38 Å². The lowest BCUT2D eigenvalue weighted by Gasteiger charge is -2.19. The number of aromatic nitrogens is 1. The van der Waals surface area contributed by atoms with Crippen LogP contribution in [-0.2, 0) is 17.1 Å². The Morgan fingerprint density at radius 3 is 2.81 bits per heavy atom. The second-order valence-electron chi connectivity index (χ2n) is 5.65. The molecule has 2 heterocycles. The number of alkyl halides is 1. The lowest BCUT2D eigenvalue weighted by Crippen LogP contribution is -2.44. The number of urea groups is 1. The molecule has 1 saturated carbocycles. The average molecular weight is 328 g/mol. The molecule has 0 radical (unpaired) electrons. The molecular formula is C14H18ClN3O2S. The summed E-state index contributed by atoms with van der Waals surface area (Å²) in [6.07, 6.45) is 5.09. The molecular weight excluding hydrogens is 310 g/mol. The van der Waals surface area contributed by atoms with Crippen molar-refractivity contribution in [2.75, 3.05) is 6.54 Å². The van der Waals surface area contributed by atoms with E-state index in [1.165, 1.54) is 4.90 Å². The average Bonchev–Trinajstić information content (AvgIpc) is 3.16. The highest BCUT2D eigenvalue weighted by Gasteiger charge is 2.51. The Balaban J connectivity index is 1.55. The van der Waals surface area contributed by atoms with E-state index in [0.717, 1.165) is 49.2 Å². The number of nitrogens with zero attached hydrogens (tertiary/aromatic N) is 2. The fourth-order valence-corrected chi connectivity index (χ4v) is 4.18. The zero-order chi connectivity index (χ0) is 14.9. The van der Waals surface area contributed by atoms with Crippen LogP contribution in [0.1, 0.15) is 42.8 Å². The summed E-state index contributed by atoms with van der Waals surface area (Å²) in [4.78, 5) is 30.2. The third-order valence-electron chi connectivity index (χ3n) is 4.21. The van der Waals surface area contributed by atoms with E-state index < -0.39 is 5.54 Å². The maximum atomic E-state index is 12.4. The minimum atomic E-state index is -0.593. The van der Waals surface area contributed by atoms with Gasteiger partial charge in [-0.2, -0.15) is 0 Å².